The maximum atomic E-state index is 5.44. The molecule has 0 aliphatic carbocycles. The van der Waals surface area contributed by atoms with E-state index < -0.39 is 0 Å². The van der Waals surface area contributed by atoms with Gasteiger partial charge < -0.3 is 14.0 Å². The summed E-state index contributed by atoms with van der Waals surface area (Å²) in [4.78, 5) is 9.27. The average Bonchev–Trinajstić information content (AvgIpc) is 3.35. The van der Waals surface area contributed by atoms with Crippen molar-refractivity contribution >= 4 is 11.0 Å². The molecule has 8 heteroatoms. The van der Waals surface area contributed by atoms with E-state index in [0.29, 0.717) is 24.8 Å². The van der Waals surface area contributed by atoms with Gasteiger partial charge in [0.25, 0.3) is 0 Å². The molecule has 1 fully saturated rings. The van der Waals surface area contributed by atoms with Gasteiger partial charge in [-0.3, -0.25) is 0 Å². The Labute approximate surface area is 151 Å². The topological polar surface area (TPSA) is 88.1 Å². The Bertz CT molecular complexity index is 940. The molecule has 3 aromatic heterocycles. The fourth-order valence-corrected chi connectivity index (χ4v) is 3.61. The van der Waals surface area contributed by atoms with Crippen LogP contribution in [0.15, 0.2) is 4.52 Å². The monoisotopic (exact) mass is 357 g/mol. The Balaban J connectivity index is 1.59. The van der Waals surface area contributed by atoms with Crippen LogP contribution >= 0.6 is 0 Å². The molecular weight excluding hydrogens is 334 g/mol. The molecule has 8 nitrogen and oxygen atoms in total. The first-order chi connectivity index (χ1) is 12.6. The fraction of sp³-hybridized carbons (Fsp3) is 0.556. The van der Waals surface area contributed by atoms with E-state index in [9.17, 15) is 0 Å². The number of methoxy groups -OCH3 is 1. The highest BCUT2D eigenvalue weighted by Gasteiger charge is 2.23. The van der Waals surface area contributed by atoms with Gasteiger partial charge >= 0.3 is 0 Å². The molecule has 138 valence electrons. The summed E-state index contributed by atoms with van der Waals surface area (Å²) in [7, 11) is 3.51. The van der Waals surface area contributed by atoms with E-state index >= 15 is 0 Å². The third-order valence-electron chi connectivity index (χ3n) is 5.08. The lowest BCUT2D eigenvalue weighted by Crippen LogP contribution is -2.03. The predicted molar refractivity (Wildman–Crippen MR) is 94.4 cm³/mol. The first-order valence-corrected chi connectivity index (χ1v) is 8.85. The van der Waals surface area contributed by atoms with Gasteiger partial charge in [-0.1, -0.05) is 5.16 Å². The third kappa shape index (κ3) is 2.84. The minimum atomic E-state index is 0.258. The molecule has 0 aromatic carbocycles. The molecule has 0 N–H and O–H groups in total. The van der Waals surface area contributed by atoms with Gasteiger partial charge in [-0.2, -0.15) is 4.98 Å². The zero-order valence-electron chi connectivity index (χ0n) is 15.6. The van der Waals surface area contributed by atoms with Crippen LogP contribution in [0.25, 0.3) is 11.0 Å². The molecule has 0 radical (unpaired) electrons. The molecule has 4 heterocycles. The molecular formula is C18H23N5O3. The molecule has 26 heavy (non-hydrogen) atoms. The molecule has 0 saturated carbocycles. The lowest BCUT2D eigenvalue weighted by Gasteiger charge is -2.10. The lowest BCUT2D eigenvalue weighted by molar-refractivity contribution is 0.192. The summed E-state index contributed by atoms with van der Waals surface area (Å²) in [5.41, 5.74) is 4.14. The minimum Gasteiger partial charge on any atom is -0.479 e. The van der Waals surface area contributed by atoms with Crippen molar-refractivity contribution in [1.82, 2.24) is 24.9 Å². The number of hydrogen-bond acceptors (Lipinski definition) is 7. The van der Waals surface area contributed by atoms with Gasteiger partial charge in [0.15, 0.2) is 11.5 Å². The molecule has 0 spiro atoms. The van der Waals surface area contributed by atoms with Crippen molar-refractivity contribution in [2.45, 2.75) is 39.0 Å². The normalized spacial score (nSPS) is 17.3. The smallest absolute Gasteiger partial charge is 0.242 e. The lowest BCUT2D eigenvalue weighted by atomic mass is 10.0. The molecule has 3 aromatic rings. The number of rotatable bonds is 5. The van der Waals surface area contributed by atoms with Crippen LogP contribution in [-0.2, 0) is 24.6 Å². The molecule has 1 aliphatic rings. The molecule has 0 bridgehead atoms. The standard InChI is InChI=1S/C18H23N5O3/c1-10-13(11(2)19-17-15(10)18(24-4)21-23(17)3)5-6-14-20-16(22-26-14)12-7-8-25-9-12/h12H,5-9H2,1-4H3/t12-/m1/s1. The highest BCUT2D eigenvalue weighted by molar-refractivity contribution is 5.86. The van der Waals surface area contributed by atoms with Crippen molar-refractivity contribution in [1.29, 1.82) is 0 Å². The highest BCUT2D eigenvalue weighted by Crippen LogP contribution is 2.30. The van der Waals surface area contributed by atoms with Gasteiger partial charge in [-0.15, -0.1) is 5.10 Å². The SMILES string of the molecule is COc1nn(C)c2nc(C)c(CCc3nc([C@@H]4CCOC4)no3)c(C)c12. The third-order valence-corrected chi connectivity index (χ3v) is 5.08. The van der Waals surface area contributed by atoms with E-state index in [1.807, 2.05) is 14.0 Å². The van der Waals surface area contributed by atoms with Crippen molar-refractivity contribution in [3.05, 3.63) is 28.5 Å². The first-order valence-electron chi connectivity index (χ1n) is 8.85. The molecule has 1 aliphatic heterocycles. The molecule has 0 unspecified atom stereocenters. The summed E-state index contributed by atoms with van der Waals surface area (Å²) in [5, 5.41) is 9.48. The molecule has 1 atom stereocenters. The first kappa shape index (κ1) is 17.0. The van der Waals surface area contributed by atoms with Crippen molar-refractivity contribution in [3.63, 3.8) is 0 Å². The number of fused-ring (bicyclic) bond motifs is 1. The van der Waals surface area contributed by atoms with Crippen LogP contribution in [0.5, 0.6) is 5.88 Å². The van der Waals surface area contributed by atoms with Gasteiger partial charge in [-0.05, 0) is 37.8 Å². The van der Waals surface area contributed by atoms with E-state index in [-0.39, 0.29) is 5.92 Å². The summed E-state index contributed by atoms with van der Waals surface area (Å²) in [5.74, 6) is 2.28. The summed E-state index contributed by atoms with van der Waals surface area (Å²) < 4.78 is 18.0. The van der Waals surface area contributed by atoms with Crippen LogP contribution in [0.1, 0.15) is 40.9 Å². The Morgan fingerprint density at radius 1 is 1.23 bits per heavy atom. The number of aromatic nitrogens is 5. The van der Waals surface area contributed by atoms with E-state index in [1.165, 1.54) is 5.56 Å². The Morgan fingerprint density at radius 3 is 2.81 bits per heavy atom. The number of pyridine rings is 1. The number of hydrogen-bond donors (Lipinski definition) is 0. The predicted octanol–water partition coefficient (Wildman–Crippen LogP) is 2.27. The number of nitrogens with zero attached hydrogens (tertiary/aromatic N) is 5. The zero-order valence-corrected chi connectivity index (χ0v) is 15.6. The van der Waals surface area contributed by atoms with Crippen molar-refractivity contribution in [2.75, 3.05) is 20.3 Å². The van der Waals surface area contributed by atoms with Crippen LogP contribution < -0.4 is 4.74 Å². The molecule has 0 amide bonds. The van der Waals surface area contributed by atoms with Crippen LogP contribution in [-0.4, -0.2) is 45.2 Å². The zero-order chi connectivity index (χ0) is 18.3. The van der Waals surface area contributed by atoms with Crippen LogP contribution in [0, 0.1) is 13.8 Å². The van der Waals surface area contributed by atoms with E-state index in [2.05, 4.69) is 22.2 Å². The van der Waals surface area contributed by atoms with Gasteiger partial charge in [0.2, 0.25) is 11.8 Å². The number of ether oxygens (including phenoxy) is 2. The summed E-state index contributed by atoms with van der Waals surface area (Å²) in [6.07, 6.45) is 2.41. The van der Waals surface area contributed by atoms with Crippen LogP contribution in [0.4, 0.5) is 0 Å². The Morgan fingerprint density at radius 2 is 2.08 bits per heavy atom. The second-order valence-corrected chi connectivity index (χ2v) is 6.74. The van der Waals surface area contributed by atoms with Crippen molar-refractivity contribution in [2.24, 2.45) is 7.05 Å². The quantitative estimate of drug-likeness (QED) is 0.692. The van der Waals surface area contributed by atoms with E-state index in [4.69, 9.17) is 19.0 Å². The Hall–Kier alpha value is -2.48. The Kier molecular flexibility index (Phi) is 4.36. The maximum Gasteiger partial charge on any atom is 0.242 e. The second kappa shape index (κ2) is 6.68. The molecule has 4 rings (SSSR count). The van der Waals surface area contributed by atoms with Crippen molar-refractivity contribution in [3.8, 4) is 5.88 Å². The van der Waals surface area contributed by atoms with Crippen molar-refractivity contribution < 1.29 is 14.0 Å². The second-order valence-electron chi connectivity index (χ2n) is 6.74. The average molecular weight is 357 g/mol. The van der Waals surface area contributed by atoms with Gasteiger partial charge in [0, 0.05) is 31.7 Å². The van der Waals surface area contributed by atoms with E-state index in [1.54, 1.807) is 11.8 Å². The van der Waals surface area contributed by atoms with E-state index in [0.717, 1.165) is 47.6 Å². The highest BCUT2D eigenvalue weighted by atomic mass is 16.5. The van der Waals surface area contributed by atoms with Gasteiger partial charge in [0.1, 0.15) is 0 Å². The van der Waals surface area contributed by atoms with Crippen LogP contribution in [0.3, 0.4) is 0 Å². The molecule has 1 saturated heterocycles. The van der Waals surface area contributed by atoms with Gasteiger partial charge in [0.05, 0.1) is 19.1 Å². The minimum absolute atomic E-state index is 0.258. The maximum absolute atomic E-state index is 5.44. The summed E-state index contributed by atoms with van der Waals surface area (Å²) in [6, 6.07) is 0. The fourth-order valence-electron chi connectivity index (χ4n) is 3.61. The van der Waals surface area contributed by atoms with Crippen LogP contribution in [0.2, 0.25) is 0 Å². The van der Waals surface area contributed by atoms with Gasteiger partial charge in [-0.25, -0.2) is 9.67 Å². The largest absolute Gasteiger partial charge is 0.479 e. The summed E-state index contributed by atoms with van der Waals surface area (Å²) in [6.45, 7) is 5.56. The number of aryl methyl sites for hydroxylation is 4. The summed E-state index contributed by atoms with van der Waals surface area (Å²) >= 11 is 0.